The molecule has 21 heavy (non-hydrogen) atoms. The Kier molecular flexibility index (Phi) is 5.58. The number of hydrogen-bond acceptors (Lipinski definition) is 3. The molecule has 1 aliphatic carbocycles. The van der Waals surface area contributed by atoms with Crippen LogP contribution in [0, 0.1) is 0 Å². The lowest BCUT2D eigenvalue weighted by atomic mass is 9.78. The number of nitrogens with one attached hydrogen (secondary N) is 1. The van der Waals surface area contributed by atoms with Crippen molar-refractivity contribution in [3.8, 4) is 0 Å². The van der Waals surface area contributed by atoms with E-state index >= 15 is 0 Å². The number of ether oxygens (including phenoxy) is 1. The predicted molar refractivity (Wildman–Crippen MR) is 87.7 cm³/mol. The van der Waals surface area contributed by atoms with Crippen LogP contribution in [0.2, 0.25) is 0 Å². The van der Waals surface area contributed by atoms with Crippen LogP contribution in [0.4, 0.5) is 0 Å². The fourth-order valence-electron chi connectivity index (χ4n) is 4.72. The maximum absolute atomic E-state index is 5.85. The minimum absolute atomic E-state index is 0.473. The Morgan fingerprint density at radius 1 is 1.14 bits per heavy atom. The Labute approximate surface area is 130 Å². The molecule has 0 aromatic carbocycles. The van der Waals surface area contributed by atoms with Gasteiger partial charge in [-0.25, -0.2) is 0 Å². The molecule has 1 saturated carbocycles. The molecule has 2 saturated heterocycles. The topological polar surface area (TPSA) is 24.5 Å². The van der Waals surface area contributed by atoms with Crippen LogP contribution in [0.15, 0.2) is 0 Å². The van der Waals surface area contributed by atoms with E-state index in [0.29, 0.717) is 17.7 Å². The first kappa shape index (κ1) is 15.8. The summed E-state index contributed by atoms with van der Waals surface area (Å²) in [5.41, 5.74) is 0.473. The van der Waals surface area contributed by atoms with Crippen LogP contribution in [0.1, 0.15) is 71.1 Å². The van der Waals surface area contributed by atoms with Crippen molar-refractivity contribution in [3.63, 3.8) is 0 Å². The molecule has 0 aromatic heterocycles. The summed E-state index contributed by atoms with van der Waals surface area (Å²) in [5, 5.41) is 3.87. The molecule has 0 bridgehead atoms. The van der Waals surface area contributed by atoms with Crippen molar-refractivity contribution in [2.45, 2.75) is 88.8 Å². The zero-order valence-corrected chi connectivity index (χ0v) is 13.9. The lowest BCUT2D eigenvalue weighted by molar-refractivity contribution is -0.00424. The zero-order chi connectivity index (χ0) is 14.5. The summed E-state index contributed by atoms with van der Waals surface area (Å²) < 4.78 is 5.85. The summed E-state index contributed by atoms with van der Waals surface area (Å²) in [5.74, 6) is 0. The maximum atomic E-state index is 5.85. The van der Waals surface area contributed by atoms with E-state index in [1.165, 1.54) is 83.8 Å². The van der Waals surface area contributed by atoms with E-state index < -0.39 is 0 Å². The number of rotatable bonds is 5. The lowest BCUT2D eigenvalue weighted by Crippen LogP contribution is -2.65. The Hall–Kier alpha value is -0.120. The highest BCUT2D eigenvalue weighted by molar-refractivity contribution is 5.00. The fraction of sp³-hybridized carbons (Fsp3) is 1.00. The van der Waals surface area contributed by atoms with Gasteiger partial charge >= 0.3 is 0 Å². The normalized spacial score (nSPS) is 33.6. The molecular formula is C18H34N2O. The van der Waals surface area contributed by atoms with Crippen molar-refractivity contribution in [1.29, 1.82) is 0 Å². The predicted octanol–water partition coefficient (Wildman–Crippen LogP) is 3.33. The standard InChI is InChI=1S/C18H34N2O/c1-2-7-16-14-20(12-9-17-8-6-13-21-17)18(15-19-16)10-4-3-5-11-18/h16-17,19H,2-15H2,1H3. The van der Waals surface area contributed by atoms with E-state index in [0.717, 1.165) is 6.61 Å². The molecule has 1 spiro atoms. The fourth-order valence-corrected chi connectivity index (χ4v) is 4.72. The van der Waals surface area contributed by atoms with Gasteiger partial charge in [0.1, 0.15) is 0 Å². The third kappa shape index (κ3) is 3.80. The second kappa shape index (κ2) is 7.43. The van der Waals surface area contributed by atoms with Gasteiger partial charge in [0.15, 0.2) is 0 Å². The number of nitrogens with zero attached hydrogens (tertiary/aromatic N) is 1. The maximum Gasteiger partial charge on any atom is 0.0588 e. The molecule has 2 unspecified atom stereocenters. The molecule has 3 nitrogen and oxygen atoms in total. The first-order valence-corrected chi connectivity index (χ1v) is 9.42. The van der Waals surface area contributed by atoms with Gasteiger partial charge in [0.25, 0.3) is 0 Å². The van der Waals surface area contributed by atoms with E-state index in [1.807, 2.05) is 0 Å². The Bertz CT molecular complexity index is 308. The monoisotopic (exact) mass is 294 g/mol. The van der Waals surface area contributed by atoms with Crippen molar-refractivity contribution in [1.82, 2.24) is 10.2 Å². The van der Waals surface area contributed by atoms with Crippen LogP contribution in [-0.4, -0.2) is 48.8 Å². The average molecular weight is 294 g/mol. The molecule has 2 aliphatic heterocycles. The molecule has 2 atom stereocenters. The first-order chi connectivity index (χ1) is 10.3. The van der Waals surface area contributed by atoms with Crippen LogP contribution in [0.5, 0.6) is 0 Å². The average Bonchev–Trinajstić information content (AvgIpc) is 3.03. The summed E-state index contributed by atoms with van der Waals surface area (Å²) in [6.45, 7) is 7.05. The summed E-state index contributed by atoms with van der Waals surface area (Å²) in [6, 6.07) is 0.715. The SMILES string of the molecule is CCCC1CN(CCC2CCCO2)C2(CCCCC2)CN1. The van der Waals surface area contributed by atoms with Crippen molar-refractivity contribution in [3.05, 3.63) is 0 Å². The second-order valence-corrected chi connectivity index (χ2v) is 7.52. The summed E-state index contributed by atoms with van der Waals surface area (Å²) in [6.07, 6.45) is 14.1. The van der Waals surface area contributed by atoms with Crippen LogP contribution < -0.4 is 5.32 Å². The van der Waals surface area contributed by atoms with Crippen LogP contribution >= 0.6 is 0 Å². The van der Waals surface area contributed by atoms with Crippen molar-refractivity contribution in [2.75, 3.05) is 26.2 Å². The molecule has 3 heteroatoms. The Morgan fingerprint density at radius 3 is 2.71 bits per heavy atom. The molecule has 0 radical (unpaired) electrons. The minimum atomic E-state index is 0.473. The van der Waals surface area contributed by atoms with E-state index in [1.54, 1.807) is 0 Å². The minimum Gasteiger partial charge on any atom is -0.378 e. The largest absolute Gasteiger partial charge is 0.378 e. The highest BCUT2D eigenvalue weighted by Gasteiger charge is 2.41. The molecule has 1 N–H and O–H groups in total. The highest BCUT2D eigenvalue weighted by Crippen LogP contribution is 2.36. The lowest BCUT2D eigenvalue weighted by Gasteiger charge is -2.52. The Morgan fingerprint density at radius 2 is 2.00 bits per heavy atom. The number of piperazine rings is 1. The molecule has 3 aliphatic rings. The van der Waals surface area contributed by atoms with Crippen molar-refractivity contribution >= 4 is 0 Å². The Balaban J connectivity index is 1.60. The van der Waals surface area contributed by atoms with Gasteiger partial charge in [0, 0.05) is 37.8 Å². The summed E-state index contributed by atoms with van der Waals surface area (Å²) in [7, 11) is 0. The van der Waals surface area contributed by atoms with Gasteiger partial charge in [-0.05, 0) is 38.5 Å². The van der Waals surface area contributed by atoms with Crippen molar-refractivity contribution in [2.24, 2.45) is 0 Å². The second-order valence-electron chi connectivity index (χ2n) is 7.52. The first-order valence-electron chi connectivity index (χ1n) is 9.42. The van der Waals surface area contributed by atoms with Gasteiger partial charge in [-0.2, -0.15) is 0 Å². The highest BCUT2D eigenvalue weighted by atomic mass is 16.5. The third-order valence-electron chi connectivity index (χ3n) is 6.00. The molecular weight excluding hydrogens is 260 g/mol. The smallest absolute Gasteiger partial charge is 0.0588 e. The zero-order valence-electron chi connectivity index (χ0n) is 13.9. The van der Waals surface area contributed by atoms with E-state index in [2.05, 4.69) is 17.1 Å². The van der Waals surface area contributed by atoms with E-state index in [4.69, 9.17) is 4.74 Å². The van der Waals surface area contributed by atoms with Gasteiger partial charge in [-0.1, -0.05) is 32.6 Å². The summed E-state index contributed by atoms with van der Waals surface area (Å²) >= 11 is 0. The molecule has 3 fully saturated rings. The van der Waals surface area contributed by atoms with Crippen LogP contribution in [-0.2, 0) is 4.74 Å². The number of hydrogen-bond donors (Lipinski definition) is 1. The summed E-state index contributed by atoms with van der Waals surface area (Å²) in [4.78, 5) is 2.87. The van der Waals surface area contributed by atoms with Gasteiger partial charge in [0.05, 0.1) is 6.10 Å². The quantitative estimate of drug-likeness (QED) is 0.842. The molecule has 0 aromatic rings. The van der Waals surface area contributed by atoms with Crippen LogP contribution in [0.3, 0.4) is 0 Å². The van der Waals surface area contributed by atoms with Crippen molar-refractivity contribution < 1.29 is 4.74 Å². The van der Waals surface area contributed by atoms with E-state index in [9.17, 15) is 0 Å². The van der Waals surface area contributed by atoms with Gasteiger partial charge in [0.2, 0.25) is 0 Å². The third-order valence-corrected chi connectivity index (χ3v) is 6.00. The molecule has 2 heterocycles. The van der Waals surface area contributed by atoms with E-state index in [-0.39, 0.29) is 0 Å². The molecule has 0 amide bonds. The van der Waals surface area contributed by atoms with Crippen LogP contribution in [0.25, 0.3) is 0 Å². The van der Waals surface area contributed by atoms with Gasteiger partial charge < -0.3 is 10.1 Å². The van der Waals surface area contributed by atoms with Gasteiger partial charge in [-0.15, -0.1) is 0 Å². The molecule has 3 rings (SSSR count). The molecule has 122 valence electrons. The van der Waals surface area contributed by atoms with Gasteiger partial charge in [-0.3, -0.25) is 4.90 Å².